The predicted octanol–water partition coefficient (Wildman–Crippen LogP) is 6.55. The van der Waals surface area contributed by atoms with Gasteiger partial charge in [0.2, 0.25) is 0 Å². The molecule has 1 heterocycles. The van der Waals surface area contributed by atoms with Gasteiger partial charge in [0, 0.05) is 6.20 Å². The topological polar surface area (TPSA) is 17.8 Å². The minimum absolute atomic E-state index is 0.772. The number of nitrogens with zero attached hydrogens (tertiary/aromatic N) is 2. The zero-order valence-electron chi connectivity index (χ0n) is 15.0. The third-order valence-corrected chi connectivity index (χ3v) is 2.42. The number of hydrogen-bond acceptors (Lipinski definition) is 1. The molecule has 0 spiro atoms. The van der Waals surface area contributed by atoms with Gasteiger partial charge in [0.1, 0.15) is 5.82 Å². The summed E-state index contributed by atoms with van der Waals surface area (Å²) in [6.07, 6.45) is 18.2. The lowest BCUT2D eigenvalue weighted by atomic mass is 10.2. The molecule has 0 N–H and O–H groups in total. The number of allylic oxidation sites excluding steroid dienone is 8. The average Bonchev–Trinajstić information content (AvgIpc) is 3.03. The van der Waals surface area contributed by atoms with E-state index in [-0.39, 0.29) is 0 Å². The highest BCUT2D eigenvalue weighted by atomic mass is 15.1. The average molecular weight is 310 g/mol. The van der Waals surface area contributed by atoms with Gasteiger partial charge in [-0.15, -0.1) is 0 Å². The Morgan fingerprint density at radius 1 is 0.957 bits per heavy atom. The van der Waals surface area contributed by atoms with Crippen molar-refractivity contribution in [1.82, 2.24) is 9.55 Å². The zero-order chi connectivity index (χ0) is 18.1. The van der Waals surface area contributed by atoms with Crippen molar-refractivity contribution in [3.8, 4) is 0 Å². The van der Waals surface area contributed by atoms with Crippen LogP contribution in [0.3, 0.4) is 0 Å². The van der Waals surface area contributed by atoms with E-state index < -0.39 is 0 Å². The van der Waals surface area contributed by atoms with Gasteiger partial charge in [0.25, 0.3) is 0 Å². The molecular formula is C21H30N2. The first-order chi connectivity index (χ1) is 11.3. The Balaban J connectivity index is 0. The summed E-state index contributed by atoms with van der Waals surface area (Å²) in [4.78, 5) is 4.31. The maximum absolute atomic E-state index is 4.31. The molecule has 0 atom stereocenters. The molecule has 0 aliphatic heterocycles. The predicted molar refractivity (Wildman–Crippen MR) is 108 cm³/mol. The molecule has 0 saturated heterocycles. The molecule has 1 aromatic rings. The Morgan fingerprint density at radius 2 is 1.57 bits per heavy atom. The Labute approximate surface area is 142 Å². The van der Waals surface area contributed by atoms with Gasteiger partial charge in [-0.05, 0) is 17.7 Å². The molecule has 0 saturated carbocycles. The van der Waals surface area contributed by atoms with Crippen LogP contribution in [0.4, 0.5) is 0 Å². The van der Waals surface area contributed by atoms with Crippen LogP contribution in [-0.2, 0) is 0 Å². The van der Waals surface area contributed by atoms with Crippen LogP contribution in [0.5, 0.6) is 0 Å². The van der Waals surface area contributed by atoms with E-state index in [4.69, 9.17) is 0 Å². The summed E-state index contributed by atoms with van der Waals surface area (Å²) < 4.78 is 1.93. The van der Waals surface area contributed by atoms with Crippen LogP contribution in [0.1, 0.15) is 39.2 Å². The van der Waals surface area contributed by atoms with Crippen LogP contribution in [-0.4, -0.2) is 9.55 Å². The molecule has 0 fully saturated rings. The minimum atomic E-state index is 0.772. The number of aromatic nitrogens is 2. The van der Waals surface area contributed by atoms with Crippen LogP contribution in [0.15, 0.2) is 75.0 Å². The molecule has 1 rings (SSSR count). The van der Waals surface area contributed by atoms with Crippen molar-refractivity contribution in [2.75, 3.05) is 0 Å². The highest BCUT2D eigenvalue weighted by Crippen LogP contribution is 2.19. The van der Waals surface area contributed by atoms with Crippen molar-refractivity contribution in [2.45, 2.75) is 27.7 Å². The molecule has 0 radical (unpaired) electrons. The lowest BCUT2D eigenvalue weighted by Gasteiger charge is -2.05. The first kappa shape index (κ1) is 22.7. The summed E-state index contributed by atoms with van der Waals surface area (Å²) in [7, 11) is 0. The molecule has 0 aliphatic carbocycles. The number of rotatable bonds is 7. The van der Waals surface area contributed by atoms with Crippen molar-refractivity contribution in [2.24, 2.45) is 0 Å². The Hall–Kier alpha value is -2.61. The summed E-state index contributed by atoms with van der Waals surface area (Å²) in [5.41, 5.74) is 1.91. The largest absolute Gasteiger partial charge is 0.300 e. The molecule has 2 heteroatoms. The van der Waals surface area contributed by atoms with Crippen molar-refractivity contribution >= 4 is 17.8 Å². The van der Waals surface area contributed by atoms with Gasteiger partial charge < -0.3 is 0 Å². The van der Waals surface area contributed by atoms with E-state index in [1.807, 2.05) is 62.8 Å². The second-order valence-corrected chi connectivity index (χ2v) is 3.60. The lowest BCUT2D eigenvalue weighted by Crippen LogP contribution is -1.95. The molecule has 0 amide bonds. The second kappa shape index (κ2) is 15.8. The van der Waals surface area contributed by atoms with E-state index in [1.54, 1.807) is 30.5 Å². The highest BCUT2D eigenvalue weighted by molar-refractivity contribution is 5.74. The van der Waals surface area contributed by atoms with Gasteiger partial charge in [0.05, 0.1) is 11.9 Å². The molecule has 0 unspecified atom stereocenters. The SMILES string of the molecule is C=C/C=C\C=C(/C=C)c1cnc(C=C)n1/C=C\C=C.CC.CC. The molecule has 1 aromatic heterocycles. The summed E-state index contributed by atoms with van der Waals surface area (Å²) in [6.45, 7) is 22.9. The molecular weight excluding hydrogens is 280 g/mol. The monoisotopic (exact) mass is 310 g/mol. The fourth-order valence-electron chi connectivity index (χ4n) is 1.54. The van der Waals surface area contributed by atoms with Crippen molar-refractivity contribution in [3.05, 3.63) is 86.6 Å². The van der Waals surface area contributed by atoms with Gasteiger partial charge >= 0.3 is 0 Å². The van der Waals surface area contributed by atoms with Crippen LogP contribution < -0.4 is 0 Å². The van der Waals surface area contributed by atoms with Gasteiger partial charge in [-0.1, -0.05) is 90.5 Å². The van der Waals surface area contributed by atoms with Crippen molar-refractivity contribution in [1.29, 1.82) is 0 Å². The fraction of sp³-hybridized carbons (Fsp3) is 0.190. The number of imidazole rings is 1. The van der Waals surface area contributed by atoms with E-state index in [1.165, 1.54) is 0 Å². The Kier molecular flexibility index (Phi) is 15.5. The second-order valence-electron chi connectivity index (χ2n) is 3.60. The van der Waals surface area contributed by atoms with E-state index in [0.717, 1.165) is 17.1 Å². The van der Waals surface area contributed by atoms with Gasteiger partial charge in [0.15, 0.2) is 0 Å². The molecule has 23 heavy (non-hydrogen) atoms. The normalized spacial score (nSPS) is 10.3. The fourth-order valence-corrected chi connectivity index (χ4v) is 1.54. The van der Waals surface area contributed by atoms with Crippen LogP contribution in [0.25, 0.3) is 17.8 Å². The van der Waals surface area contributed by atoms with Crippen molar-refractivity contribution < 1.29 is 0 Å². The first-order valence-corrected chi connectivity index (χ1v) is 7.89. The van der Waals surface area contributed by atoms with E-state index in [0.29, 0.717) is 0 Å². The van der Waals surface area contributed by atoms with E-state index in [9.17, 15) is 0 Å². The maximum Gasteiger partial charge on any atom is 0.136 e. The first-order valence-electron chi connectivity index (χ1n) is 7.89. The third-order valence-electron chi connectivity index (χ3n) is 2.42. The molecule has 124 valence electrons. The van der Waals surface area contributed by atoms with Crippen LogP contribution in [0.2, 0.25) is 0 Å². The Bertz CT molecular complexity index is 567. The number of hydrogen-bond donors (Lipinski definition) is 0. The lowest BCUT2D eigenvalue weighted by molar-refractivity contribution is 1.09. The smallest absolute Gasteiger partial charge is 0.136 e. The summed E-state index contributed by atoms with van der Waals surface area (Å²) in [5, 5.41) is 0. The zero-order valence-corrected chi connectivity index (χ0v) is 15.0. The van der Waals surface area contributed by atoms with Gasteiger partial charge in [-0.2, -0.15) is 0 Å². The molecule has 0 aliphatic rings. The van der Waals surface area contributed by atoms with E-state index >= 15 is 0 Å². The van der Waals surface area contributed by atoms with Crippen LogP contribution in [0, 0.1) is 0 Å². The Morgan fingerprint density at radius 3 is 2.04 bits per heavy atom. The van der Waals surface area contributed by atoms with Crippen LogP contribution >= 0.6 is 0 Å². The standard InChI is InChI=1S/C17H18N2.2C2H6/c1-5-9-11-12-15(7-3)16-14-18-17(8-4)19(16)13-10-6-2;2*1-2/h5-14H,1-4H2;2*1-2H3/b11-9-,13-10-,15-12+;;. The van der Waals surface area contributed by atoms with Gasteiger partial charge in [-0.3, -0.25) is 4.57 Å². The summed E-state index contributed by atoms with van der Waals surface area (Å²) >= 11 is 0. The minimum Gasteiger partial charge on any atom is -0.300 e. The van der Waals surface area contributed by atoms with Crippen molar-refractivity contribution in [3.63, 3.8) is 0 Å². The molecule has 2 nitrogen and oxygen atoms in total. The summed E-state index contributed by atoms with van der Waals surface area (Å²) in [5.74, 6) is 0.772. The summed E-state index contributed by atoms with van der Waals surface area (Å²) in [6, 6.07) is 0. The molecule has 0 bridgehead atoms. The molecule has 0 aromatic carbocycles. The maximum atomic E-state index is 4.31. The highest BCUT2D eigenvalue weighted by Gasteiger charge is 2.07. The van der Waals surface area contributed by atoms with E-state index in [2.05, 4.69) is 31.3 Å². The van der Waals surface area contributed by atoms with Gasteiger partial charge in [-0.25, -0.2) is 4.98 Å². The third kappa shape index (κ3) is 7.82. The quantitative estimate of drug-likeness (QED) is 0.522.